The van der Waals surface area contributed by atoms with Crippen molar-refractivity contribution < 1.29 is 22.6 Å². The Hall–Kier alpha value is -3.86. The number of methoxy groups -OCH3 is 1. The maximum Gasteiger partial charge on any atom is 0.229 e. The molecule has 2 aromatic carbocycles. The Morgan fingerprint density at radius 3 is 2.38 bits per heavy atom. The topological polar surface area (TPSA) is 86.1 Å². The van der Waals surface area contributed by atoms with Gasteiger partial charge in [-0.3, -0.25) is 4.57 Å². The van der Waals surface area contributed by atoms with Crippen molar-refractivity contribution in [2.45, 2.75) is 18.9 Å². The number of fused-ring (bicyclic) bond motifs is 1. The molecule has 2 N–H and O–H groups in total. The van der Waals surface area contributed by atoms with Gasteiger partial charge in [-0.1, -0.05) is 0 Å². The lowest BCUT2D eigenvalue weighted by atomic mass is 10.1. The summed E-state index contributed by atoms with van der Waals surface area (Å²) in [5, 5.41) is 5.83. The van der Waals surface area contributed by atoms with Gasteiger partial charge in [0.05, 0.1) is 13.3 Å². The summed E-state index contributed by atoms with van der Waals surface area (Å²) >= 11 is 0. The van der Waals surface area contributed by atoms with Crippen LogP contribution in [0.5, 0.6) is 5.75 Å². The number of hydrogen-bond donors (Lipinski definition) is 2. The van der Waals surface area contributed by atoms with Crippen molar-refractivity contribution >= 4 is 34.4 Å². The molecule has 4 aromatic rings. The number of anilines is 4. The number of ether oxygens (including phenoxy) is 2. The van der Waals surface area contributed by atoms with Crippen molar-refractivity contribution in [1.29, 1.82) is 0 Å². The van der Waals surface area contributed by atoms with Crippen LogP contribution in [0.15, 0.2) is 42.6 Å². The molecule has 0 unspecified atom stereocenters. The van der Waals surface area contributed by atoms with Crippen molar-refractivity contribution in [2.24, 2.45) is 0 Å². The predicted octanol–water partition coefficient (Wildman–Crippen LogP) is 5.09. The molecule has 1 saturated heterocycles. The van der Waals surface area contributed by atoms with Crippen LogP contribution in [-0.4, -0.2) is 39.8 Å². The average molecular weight is 470 g/mol. The maximum atomic E-state index is 14.3. The summed E-state index contributed by atoms with van der Waals surface area (Å²) < 4.78 is 54.5. The Balaban J connectivity index is 1.55. The predicted molar refractivity (Wildman–Crippen MR) is 120 cm³/mol. The van der Waals surface area contributed by atoms with Crippen LogP contribution in [0.2, 0.25) is 0 Å². The second kappa shape index (κ2) is 9.18. The Morgan fingerprint density at radius 1 is 1.00 bits per heavy atom. The second-order valence-corrected chi connectivity index (χ2v) is 7.77. The lowest BCUT2D eigenvalue weighted by molar-refractivity contribution is 0.0710. The van der Waals surface area contributed by atoms with Gasteiger partial charge >= 0.3 is 0 Å². The minimum absolute atomic E-state index is 0.0726. The van der Waals surface area contributed by atoms with Crippen molar-refractivity contribution in [3.8, 4) is 5.75 Å². The number of hydrogen-bond acceptors (Lipinski definition) is 7. The van der Waals surface area contributed by atoms with E-state index in [0.29, 0.717) is 55.3 Å². The number of benzene rings is 2. The SMILES string of the molecule is COc1ccc(Nc2ncc3nc(Nc4c(F)cc(F)cc4F)n(C4CCOCC4)c3n2)cc1. The smallest absolute Gasteiger partial charge is 0.229 e. The Morgan fingerprint density at radius 2 is 1.71 bits per heavy atom. The number of imidazole rings is 1. The highest BCUT2D eigenvalue weighted by Gasteiger charge is 2.25. The third kappa shape index (κ3) is 4.34. The lowest BCUT2D eigenvalue weighted by Gasteiger charge is -2.25. The molecule has 3 heterocycles. The van der Waals surface area contributed by atoms with Gasteiger partial charge in [0.15, 0.2) is 17.3 Å². The van der Waals surface area contributed by atoms with Gasteiger partial charge in [0.2, 0.25) is 11.9 Å². The largest absolute Gasteiger partial charge is 0.497 e. The van der Waals surface area contributed by atoms with Crippen LogP contribution in [0.1, 0.15) is 18.9 Å². The molecule has 1 aliphatic rings. The summed E-state index contributed by atoms with van der Waals surface area (Å²) in [6.45, 7) is 1.07. The molecule has 0 aliphatic carbocycles. The fraction of sp³-hybridized carbons (Fsp3) is 0.261. The van der Waals surface area contributed by atoms with E-state index in [4.69, 9.17) is 9.47 Å². The van der Waals surface area contributed by atoms with E-state index in [1.165, 1.54) is 6.20 Å². The monoisotopic (exact) mass is 470 g/mol. The summed E-state index contributed by atoms with van der Waals surface area (Å²) in [7, 11) is 1.59. The molecular weight excluding hydrogens is 449 g/mol. The average Bonchev–Trinajstić information content (AvgIpc) is 3.19. The molecule has 1 aliphatic heterocycles. The highest BCUT2D eigenvalue weighted by atomic mass is 19.1. The molecule has 0 atom stereocenters. The zero-order chi connectivity index (χ0) is 23.7. The molecule has 8 nitrogen and oxygen atoms in total. The quantitative estimate of drug-likeness (QED) is 0.406. The van der Waals surface area contributed by atoms with Crippen molar-refractivity contribution in [3.05, 3.63) is 60.0 Å². The summed E-state index contributed by atoms with van der Waals surface area (Å²) in [5.41, 5.74) is 1.20. The lowest BCUT2D eigenvalue weighted by Crippen LogP contribution is -2.21. The van der Waals surface area contributed by atoms with E-state index in [1.807, 2.05) is 12.1 Å². The number of halogens is 3. The normalized spacial score (nSPS) is 14.4. The van der Waals surface area contributed by atoms with Crippen LogP contribution in [0.25, 0.3) is 11.2 Å². The van der Waals surface area contributed by atoms with Gasteiger partial charge in [-0.2, -0.15) is 4.98 Å². The first kappa shape index (κ1) is 22.0. The van der Waals surface area contributed by atoms with Gasteiger partial charge in [0, 0.05) is 37.1 Å². The van der Waals surface area contributed by atoms with Gasteiger partial charge in [-0.25, -0.2) is 23.1 Å². The summed E-state index contributed by atoms with van der Waals surface area (Å²) in [6, 6.07) is 8.43. The molecule has 0 saturated carbocycles. The molecule has 1 fully saturated rings. The van der Waals surface area contributed by atoms with Crippen LogP contribution in [0.4, 0.5) is 36.4 Å². The third-order valence-electron chi connectivity index (χ3n) is 5.58. The van der Waals surface area contributed by atoms with E-state index in [-0.39, 0.29) is 12.0 Å². The van der Waals surface area contributed by atoms with E-state index in [0.717, 1.165) is 11.4 Å². The number of aromatic nitrogens is 4. The van der Waals surface area contributed by atoms with Crippen molar-refractivity contribution in [1.82, 2.24) is 19.5 Å². The molecular formula is C23H21F3N6O2. The minimum Gasteiger partial charge on any atom is -0.497 e. The first-order valence-electron chi connectivity index (χ1n) is 10.7. The van der Waals surface area contributed by atoms with Crippen LogP contribution in [0.3, 0.4) is 0 Å². The van der Waals surface area contributed by atoms with Crippen LogP contribution >= 0.6 is 0 Å². The first-order valence-corrected chi connectivity index (χ1v) is 10.7. The summed E-state index contributed by atoms with van der Waals surface area (Å²) in [5.74, 6) is -1.89. The van der Waals surface area contributed by atoms with E-state index >= 15 is 0 Å². The van der Waals surface area contributed by atoms with Crippen LogP contribution < -0.4 is 15.4 Å². The highest BCUT2D eigenvalue weighted by Crippen LogP contribution is 2.33. The number of nitrogens with zero attached hydrogens (tertiary/aromatic N) is 4. The van der Waals surface area contributed by atoms with Gasteiger partial charge in [0.25, 0.3) is 0 Å². The van der Waals surface area contributed by atoms with Gasteiger partial charge in [-0.15, -0.1) is 0 Å². The van der Waals surface area contributed by atoms with Crippen molar-refractivity contribution in [3.63, 3.8) is 0 Å². The molecule has 0 bridgehead atoms. The highest BCUT2D eigenvalue weighted by molar-refractivity contribution is 5.77. The molecule has 11 heteroatoms. The minimum atomic E-state index is -1.06. The summed E-state index contributed by atoms with van der Waals surface area (Å²) in [4.78, 5) is 13.4. The second-order valence-electron chi connectivity index (χ2n) is 7.77. The fourth-order valence-corrected chi connectivity index (χ4v) is 3.91. The Labute approximate surface area is 192 Å². The first-order chi connectivity index (χ1) is 16.5. The zero-order valence-electron chi connectivity index (χ0n) is 18.2. The summed E-state index contributed by atoms with van der Waals surface area (Å²) in [6.07, 6.45) is 2.87. The van der Waals surface area contributed by atoms with E-state index < -0.39 is 23.1 Å². The van der Waals surface area contributed by atoms with Crippen LogP contribution in [0, 0.1) is 17.5 Å². The van der Waals surface area contributed by atoms with Crippen molar-refractivity contribution in [2.75, 3.05) is 31.0 Å². The zero-order valence-corrected chi connectivity index (χ0v) is 18.2. The molecule has 0 amide bonds. The van der Waals surface area contributed by atoms with E-state index in [2.05, 4.69) is 25.6 Å². The standard InChI is InChI=1S/C23H21F3N6O2/c1-33-16-4-2-14(3-5-16)28-22-27-12-19-21(31-22)32(15-6-8-34-9-7-15)23(29-19)30-20-17(25)10-13(24)11-18(20)26/h2-5,10-12,15H,6-9H2,1H3,(H,29,30)(H,27,28,31). The van der Waals surface area contributed by atoms with Gasteiger partial charge < -0.3 is 20.1 Å². The molecule has 0 spiro atoms. The number of nitrogens with one attached hydrogen (secondary N) is 2. The van der Waals surface area contributed by atoms with E-state index in [1.54, 1.807) is 23.8 Å². The van der Waals surface area contributed by atoms with Crippen LogP contribution in [-0.2, 0) is 4.74 Å². The molecule has 34 heavy (non-hydrogen) atoms. The third-order valence-corrected chi connectivity index (χ3v) is 5.58. The Kier molecular flexibility index (Phi) is 5.93. The maximum absolute atomic E-state index is 14.3. The Bertz CT molecular complexity index is 1300. The fourth-order valence-electron chi connectivity index (χ4n) is 3.91. The molecule has 0 radical (unpaired) electrons. The molecule has 2 aromatic heterocycles. The number of rotatable bonds is 6. The van der Waals surface area contributed by atoms with Gasteiger partial charge in [0.1, 0.15) is 22.8 Å². The molecule has 176 valence electrons. The van der Waals surface area contributed by atoms with E-state index in [9.17, 15) is 13.2 Å². The molecule has 5 rings (SSSR count). The van der Waals surface area contributed by atoms with Gasteiger partial charge in [-0.05, 0) is 37.1 Å².